The molecule has 0 aromatic heterocycles. The van der Waals surface area contributed by atoms with Crippen molar-refractivity contribution in [1.29, 1.82) is 0 Å². The van der Waals surface area contributed by atoms with Crippen LogP contribution in [0.2, 0.25) is 10.0 Å². The Morgan fingerprint density at radius 3 is 2.48 bits per heavy atom. The minimum atomic E-state index is 0.332. The van der Waals surface area contributed by atoms with Crippen LogP contribution in [0.1, 0.15) is 16.7 Å². The fourth-order valence-electron chi connectivity index (χ4n) is 2.16. The fraction of sp³-hybridized carbons (Fsp3) is 0.250. The number of halogens is 3. The molecule has 0 fully saturated rings. The maximum atomic E-state index is 6.17. The molecular weight excluding hydrogens is 373 g/mol. The predicted octanol–water partition coefficient (Wildman–Crippen LogP) is 5.14. The summed E-state index contributed by atoms with van der Waals surface area (Å²) < 4.78 is 7.00. The second-order valence-corrected chi connectivity index (χ2v) is 6.47. The average Bonchev–Trinajstić information content (AvgIpc) is 2.40. The van der Waals surface area contributed by atoms with Crippen LogP contribution in [0.3, 0.4) is 0 Å². The van der Waals surface area contributed by atoms with Crippen LogP contribution in [0.25, 0.3) is 0 Å². The molecule has 0 aliphatic heterocycles. The molecule has 0 saturated heterocycles. The molecule has 112 valence electrons. The second kappa shape index (κ2) is 7.50. The minimum Gasteiger partial charge on any atom is -0.488 e. The summed E-state index contributed by atoms with van der Waals surface area (Å²) in [5.74, 6) is 0.847. The third kappa shape index (κ3) is 4.13. The molecule has 0 heterocycles. The van der Waals surface area contributed by atoms with Crippen LogP contribution >= 0.6 is 39.1 Å². The third-order valence-electron chi connectivity index (χ3n) is 3.15. The van der Waals surface area contributed by atoms with E-state index in [4.69, 9.17) is 33.7 Å². The van der Waals surface area contributed by atoms with Crippen LogP contribution in [0.5, 0.6) is 5.75 Å². The van der Waals surface area contributed by atoms with E-state index in [-0.39, 0.29) is 0 Å². The monoisotopic (exact) mass is 387 g/mol. The molecule has 0 aliphatic rings. The summed E-state index contributed by atoms with van der Waals surface area (Å²) in [4.78, 5) is 0. The Morgan fingerprint density at radius 1 is 1.19 bits per heavy atom. The lowest BCUT2D eigenvalue weighted by atomic mass is 10.1. The molecule has 0 atom stereocenters. The van der Waals surface area contributed by atoms with Crippen LogP contribution in [-0.2, 0) is 13.0 Å². The predicted molar refractivity (Wildman–Crippen MR) is 92.4 cm³/mol. The lowest BCUT2D eigenvalue weighted by Gasteiger charge is -2.16. The van der Waals surface area contributed by atoms with Crippen molar-refractivity contribution in [2.45, 2.75) is 20.0 Å². The van der Waals surface area contributed by atoms with Crippen molar-refractivity contribution in [1.82, 2.24) is 0 Å². The van der Waals surface area contributed by atoms with Crippen LogP contribution < -0.4 is 10.5 Å². The standard InChI is InChI=1S/C16H16BrCl2NO/c1-10-7-12(17)8-11(5-6-20)16(10)21-9-13-14(18)3-2-4-15(13)19/h2-4,7-8H,5-6,9,20H2,1H3. The van der Waals surface area contributed by atoms with E-state index >= 15 is 0 Å². The Morgan fingerprint density at radius 2 is 1.86 bits per heavy atom. The third-order valence-corrected chi connectivity index (χ3v) is 4.32. The molecule has 0 spiro atoms. The van der Waals surface area contributed by atoms with E-state index in [1.165, 1.54) is 0 Å². The van der Waals surface area contributed by atoms with Gasteiger partial charge in [-0.25, -0.2) is 0 Å². The summed E-state index contributed by atoms with van der Waals surface area (Å²) in [5, 5.41) is 1.22. The number of hydrogen-bond acceptors (Lipinski definition) is 2. The largest absolute Gasteiger partial charge is 0.488 e. The van der Waals surface area contributed by atoms with Gasteiger partial charge in [0.15, 0.2) is 0 Å². The molecule has 0 radical (unpaired) electrons. The van der Waals surface area contributed by atoms with E-state index in [9.17, 15) is 0 Å². The Hall–Kier alpha value is -0.740. The zero-order valence-electron chi connectivity index (χ0n) is 11.6. The molecule has 2 aromatic rings. The first-order valence-electron chi connectivity index (χ1n) is 6.57. The molecule has 2 nitrogen and oxygen atoms in total. The van der Waals surface area contributed by atoms with Crippen molar-refractivity contribution in [3.8, 4) is 5.75 Å². The number of ether oxygens (including phenoxy) is 1. The number of benzene rings is 2. The van der Waals surface area contributed by atoms with Gasteiger partial charge in [0.05, 0.1) is 0 Å². The van der Waals surface area contributed by atoms with Gasteiger partial charge < -0.3 is 10.5 Å². The smallest absolute Gasteiger partial charge is 0.126 e. The zero-order chi connectivity index (χ0) is 15.4. The maximum absolute atomic E-state index is 6.17. The van der Waals surface area contributed by atoms with Gasteiger partial charge in [-0.15, -0.1) is 0 Å². The molecule has 0 unspecified atom stereocenters. The van der Waals surface area contributed by atoms with Gasteiger partial charge in [-0.3, -0.25) is 0 Å². The maximum Gasteiger partial charge on any atom is 0.126 e. The molecule has 0 amide bonds. The molecule has 21 heavy (non-hydrogen) atoms. The zero-order valence-corrected chi connectivity index (χ0v) is 14.7. The van der Waals surface area contributed by atoms with Gasteiger partial charge in [-0.05, 0) is 55.3 Å². The molecule has 0 aliphatic carbocycles. The molecule has 0 bridgehead atoms. The van der Waals surface area contributed by atoms with Crippen molar-refractivity contribution in [2.75, 3.05) is 6.54 Å². The average molecular weight is 389 g/mol. The highest BCUT2D eigenvalue weighted by Crippen LogP contribution is 2.31. The van der Waals surface area contributed by atoms with E-state index in [1.807, 2.05) is 25.1 Å². The van der Waals surface area contributed by atoms with Gasteiger partial charge in [-0.2, -0.15) is 0 Å². The lowest BCUT2D eigenvalue weighted by Crippen LogP contribution is -2.07. The first-order valence-corrected chi connectivity index (χ1v) is 8.12. The summed E-state index contributed by atoms with van der Waals surface area (Å²) in [6, 6.07) is 9.48. The summed E-state index contributed by atoms with van der Waals surface area (Å²) in [5.41, 5.74) is 8.59. The van der Waals surface area contributed by atoms with E-state index in [2.05, 4.69) is 15.9 Å². The highest BCUT2D eigenvalue weighted by atomic mass is 79.9. The number of hydrogen-bond donors (Lipinski definition) is 1. The number of aryl methyl sites for hydroxylation is 1. The topological polar surface area (TPSA) is 35.2 Å². The van der Waals surface area contributed by atoms with Gasteiger partial charge in [0.25, 0.3) is 0 Å². The molecule has 2 aromatic carbocycles. The van der Waals surface area contributed by atoms with Crippen molar-refractivity contribution in [2.24, 2.45) is 5.73 Å². The van der Waals surface area contributed by atoms with Crippen LogP contribution in [0, 0.1) is 6.92 Å². The van der Waals surface area contributed by atoms with Gasteiger partial charge in [0.1, 0.15) is 12.4 Å². The minimum absolute atomic E-state index is 0.332. The Bertz CT molecular complexity index is 626. The summed E-state index contributed by atoms with van der Waals surface area (Å²) >= 11 is 15.8. The Balaban J connectivity index is 2.27. The highest BCUT2D eigenvalue weighted by Gasteiger charge is 2.11. The van der Waals surface area contributed by atoms with E-state index < -0.39 is 0 Å². The van der Waals surface area contributed by atoms with Crippen molar-refractivity contribution in [3.63, 3.8) is 0 Å². The van der Waals surface area contributed by atoms with Crippen LogP contribution in [0.4, 0.5) is 0 Å². The van der Waals surface area contributed by atoms with Crippen molar-refractivity contribution >= 4 is 39.1 Å². The summed E-state index contributed by atoms with van der Waals surface area (Å²) in [7, 11) is 0. The normalized spacial score (nSPS) is 10.7. The molecule has 2 rings (SSSR count). The summed E-state index contributed by atoms with van der Waals surface area (Å²) in [6.07, 6.45) is 0.756. The molecule has 5 heteroatoms. The van der Waals surface area contributed by atoms with Gasteiger partial charge in [0.2, 0.25) is 0 Å². The van der Waals surface area contributed by atoms with E-state index in [1.54, 1.807) is 12.1 Å². The number of nitrogens with two attached hydrogens (primary N) is 1. The first-order chi connectivity index (χ1) is 10.0. The quantitative estimate of drug-likeness (QED) is 0.769. The van der Waals surface area contributed by atoms with Crippen molar-refractivity contribution in [3.05, 3.63) is 61.5 Å². The fourth-order valence-corrected chi connectivity index (χ4v) is 3.29. The first kappa shape index (κ1) is 16.6. The van der Waals surface area contributed by atoms with Gasteiger partial charge in [0, 0.05) is 20.1 Å². The van der Waals surface area contributed by atoms with Crippen LogP contribution in [0.15, 0.2) is 34.8 Å². The van der Waals surface area contributed by atoms with Gasteiger partial charge >= 0.3 is 0 Å². The lowest BCUT2D eigenvalue weighted by molar-refractivity contribution is 0.301. The molecular formula is C16H16BrCl2NO. The van der Waals surface area contributed by atoms with Crippen molar-refractivity contribution < 1.29 is 4.74 Å². The van der Waals surface area contributed by atoms with Gasteiger partial charge in [-0.1, -0.05) is 45.2 Å². The SMILES string of the molecule is Cc1cc(Br)cc(CCN)c1OCc1c(Cl)cccc1Cl. The number of rotatable bonds is 5. The summed E-state index contributed by atoms with van der Waals surface area (Å²) in [6.45, 7) is 2.91. The van der Waals surface area contributed by atoms with Crippen LogP contribution in [-0.4, -0.2) is 6.54 Å². The Labute approximate surface area is 143 Å². The van der Waals surface area contributed by atoms with E-state index in [0.717, 1.165) is 33.3 Å². The van der Waals surface area contributed by atoms with E-state index in [0.29, 0.717) is 23.2 Å². The molecule has 0 saturated carbocycles. The Kier molecular flexibility index (Phi) is 5.94. The highest BCUT2D eigenvalue weighted by molar-refractivity contribution is 9.10. The second-order valence-electron chi connectivity index (χ2n) is 4.74. The molecule has 2 N–H and O–H groups in total.